The molecule has 1 aromatic rings. The molecule has 8 heteroatoms. The van der Waals surface area contributed by atoms with Crippen LogP contribution in [0.25, 0.3) is 0 Å². The van der Waals surface area contributed by atoms with Crippen molar-refractivity contribution in [2.45, 2.75) is 12.5 Å². The van der Waals surface area contributed by atoms with Gasteiger partial charge in [0.05, 0.1) is 17.8 Å². The van der Waals surface area contributed by atoms with Gasteiger partial charge < -0.3 is 9.84 Å². The quantitative estimate of drug-likeness (QED) is 0.820. The van der Waals surface area contributed by atoms with Gasteiger partial charge in [-0.15, -0.1) is 0 Å². The van der Waals surface area contributed by atoms with Crippen LogP contribution in [-0.4, -0.2) is 39.6 Å². The number of carbonyl (C=O) groups is 2. The van der Waals surface area contributed by atoms with Crippen LogP contribution in [0.4, 0.5) is 5.82 Å². The van der Waals surface area contributed by atoms with Gasteiger partial charge in [-0.3, -0.25) is 0 Å². The van der Waals surface area contributed by atoms with Crippen LogP contribution in [0.3, 0.4) is 0 Å². The van der Waals surface area contributed by atoms with E-state index in [0.29, 0.717) is 10.3 Å². The number of rotatable bonds is 2. The van der Waals surface area contributed by atoms with Gasteiger partial charge in [0.1, 0.15) is 5.71 Å². The molecule has 2 heterocycles. The van der Waals surface area contributed by atoms with Crippen LogP contribution in [0.1, 0.15) is 12.5 Å². The number of methoxy groups -OCH3 is 1. The molecule has 0 aromatic carbocycles. The van der Waals surface area contributed by atoms with Crippen molar-refractivity contribution in [2.75, 3.05) is 7.11 Å². The first kappa shape index (κ1) is 11.8. The lowest BCUT2D eigenvalue weighted by molar-refractivity contribution is -0.144. The second-order valence-corrected chi connectivity index (χ2v) is 4.22. The van der Waals surface area contributed by atoms with Crippen LogP contribution in [0.5, 0.6) is 0 Å². The van der Waals surface area contributed by atoms with Crippen molar-refractivity contribution >= 4 is 39.4 Å². The Bertz CT molecular complexity index is 522. The highest BCUT2D eigenvalue weighted by atomic mass is 79.9. The predicted molar refractivity (Wildman–Crippen MR) is 60.3 cm³/mol. The molecule has 0 bridgehead atoms. The molecule has 0 saturated heterocycles. The first-order valence-electron chi connectivity index (χ1n) is 4.66. The molecule has 90 valence electrons. The fraction of sp³-hybridized carbons (Fsp3) is 0.333. The van der Waals surface area contributed by atoms with Crippen molar-refractivity contribution in [1.29, 1.82) is 0 Å². The van der Waals surface area contributed by atoms with E-state index in [1.165, 1.54) is 18.0 Å². The molecule has 0 amide bonds. The largest absolute Gasteiger partial charge is 0.477 e. The lowest BCUT2D eigenvalue weighted by atomic mass is 10.1. The molecule has 1 N–H and O–H groups in total. The third-order valence-electron chi connectivity index (χ3n) is 2.37. The van der Waals surface area contributed by atoms with Crippen molar-refractivity contribution < 1.29 is 19.4 Å². The number of hydrogen-bond donors (Lipinski definition) is 1. The Kier molecular flexibility index (Phi) is 2.97. The Morgan fingerprint density at radius 2 is 2.35 bits per heavy atom. The van der Waals surface area contributed by atoms with Gasteiger partial charge in [0.25, 0.3) is 0 Å². The number of aliphatic imine (C=N–C) groups is 1. The third kappa shape index (κ3) is 1.95. The molecule has 0 saturated carbocycles. The SMILES string of the molecule is COC(=O)C1CC(C(=O)O)=Nc2c(Br)cnn21. The molecule has 0 fully saturated rings. The minimum absolute atomic E-state index is 0.0386. The summed E-state index contributed by atoms with van der Waals surface area (Å²) in [6.07, 6.45) is 1.42. The minimum Gasteiger partial charge on any atom is -0.477 e. The number of halogens is 1. The number of fused-ring (bicyclic) bond motifs is 1. The lowest BCUT2D eigenvalue weighted by Crippen LogP contribution is -2.30. The number of esters is 1. The first-order chi connectivity index (χ1) is 8.04. The van der Waals surface area contributed by atoms with Gasteiger partial charge >= 0.3 is 11.9 Å². The zero-order chi connectivity index (χ0) is 12.6. The molecule has 1 aliphatic heterocycles. The first-order valence-corrected chi connectivity index (χ1v) is 5.45. The standard InChI is InChI=1S/C9H8BrN3O4/c1-17-9(16)6-2-5(8(14)15)12-7-4(10)3-11-13(6)7/h3,6H,2H2,1H3,(H,14,15). The van der Waals surface area contributed by atoms with Gasteiger partial charge in [-0.05, 0) is 15.9 Å². The maximum atomic E-state index is 11.6. The molecule has 1 aliphatic rings. The van der Waals surface area contributed by atoms with E-state index >= 15 is 0 Å². The minimum atomic E-state index is -1.15. The second-order valence-electron chi connectivity index (χ2n) is 3.37. The number of aliphatic carboxylic acids is 1. The summed E-state index contributed by atoms with van der Waals surface area (Å²) >= 11 is 3.19. The summed E-state index contributed by atoms with van der Waals surface area (Å²) in [5.41, 5.74) is -0.0888. The Labute approximate surface area is 104 Å². The highest BCUT2D eigenvalue weighted by Crippen LogP contribution is 2.33. The molecular formula is C9H8BrN3O4. The van der Waals surface area contributed by atoms with Crippen molar-refractivity contribution in [2.24, 2.45) is 4.99 Å². The molecule has 0 spiro atoms. The average Bonchev–Trinajstić information content (AvgIpc) is 2.69. The fourth-order valence-corrected chi connectivity index (χ4v) is 1.93. The van der Waals surface area contributed by atoms with Crippen molar-refractivity contribution in [1.82, 2.24) is 9.78 Å². The summed E-state index contributed by atoms with van der Waals surface area (Å²) in [5, 5.41) is 12.9. The zero-order valence-electron chi connectivity index (χ0n) is 8.75. The fourth-order valence-electron chi connectivity index (χ4n) is 1.56. The summed E-state index contributed by atoms with van der Waals surface area (Å²) in [7, 11) is 1.24. The van der Waals surface area contributed by atoms with Crippen LogP contribution in [0, 0.1) is 0 Å². The van der Waals surface area contributed by atoms with Crippen LogP contribution in [-0.2, 0) is 14.3 Å². The van der Waals surface area contributed by atoms with Gasteiger partial charge in [-0.2, -0.15) is 5.10 Å². The van der Waals surface area contributed by atoms with E-state index in [1.54, 1.807) is 0 Å². The predicted octanol–water partition coefficient (Wildman–Crippen LogP) is 0.920. The van der Waals surface area contributed by atoms with Crippen molar-refractivity contribution in [3.05, 3.63) is 10.7 Å². The van der Waals surface area contributed by atoms with Crippen LogP contribution in [0.2, 0.25) is 0 Å². The van der Waals surface area contributed by atoms with E-state index in [9.17, 15) is 9.59 Å². The highest BCUT2D eigenvalue weighted by Gasteiger charge is 2.33. The molecule has 1 atom stereocenters. The molecule has 0 aliphatic carbocycles. The Morgan fingerprint density at radius 1 is 1.65 bits per heavy atom. The number of ether oxygens (including phenoxy) is 1. The van der Waals surface area contributed by atoms with Crippen LogP contribution < -0.4 is 0 Å². The van der Waals surface area contributed by atoms with Crippen LogP contribution in [0.15, 0.2) is 15.7 Å². The summed E-state index contributed by atoms with van der Waals surface area (Å²) in [6.45, 7) is 0. The van der Waals surface area contributed by atoms with Crippen molar-refractivity contribution in [3.63, 3.8) is 0 Å². The lowest BCUT2D eigenvalue weighted by Gasteiger charge is -2.20. The Hall–Kier alpha value is -1.70. The monoisotopic (exact) mass is 301 g/mol. The number of nitrogens with zero attached hydrogens (tertiary/aromatic N) is 3. The topological polar surface area (TPSA) is 93.8 Å². The number of carboxylic acids is 1. The maximum absolute atomic E-state index is 11.6. The highest BCUT2D eigenvalue weighted by molar-refractivity contribution is 9.10. The molecule has 7 nitrogen and oxygen atoms in total. The molecular weight excluding hydrogens is 294 g/mol. The van der Waals surface area contributed by atoms with E-state index in [-0.39, 0.29) is 12.1 Å². The van der Waals surface area contributed by atoms with Gasteiger partial charge in [-0.1, -0.05) is 0 Å². The van der Waals surface area contributed by atoms with Gasteiger partial charge in [0.15, 0.2) is 11.9 Å². The molecule has 1 aromatic heterocycles. The number of carbonyl (C=O) groups excluding carboxylic acids is 1. The van der Waals surface area contributed by atoms with Gasteiger partial charge in [0.2, 0.25) is 0 Å². The third-order valence-corrected chi connectivity index (χ3v) is 2.93. The van der Waals surface area contributed by atoms with Gasteiger partial charge in [0, 0.05) is 6.42 Å². The zero-order valence-corrected chi connectivity index (χ0v) is 10.3. The summed E-state index contributed by atoms with van der Waals surface area (Å²) in [4.78, 5) is 26.4. The maximum Gasteiger partial charge on any atom is 0.350 e. The smallest absolute Gasteiger partial charge is 0.350 e. The Morgan fingerprint density at radius 3 is 2.94 bits per heavy atom. The van der Waals surface area contributed by atoms with E-state index in [1.807, 2.05) is 0 Å². The molecule has 1 unspecified atom stereocenters. The number of aromatic nitrogens is 2. The number of carboxylic acid groups (broad SMARTS) is 1. The summed E-state index contributed by atoms with van der Waals surface area (Å²) in [6, 6.07) is -0.787. The van der Waals surface area contributed by atoms with Crippen molar-refractivity contribution in [3.8, 4) is 0 Å². The molecule has 2 rings (SSSR count). The van der Waals surface area contributed by atoms with E-state index in [4.69, 9.17) is 5.11 Å². The van der Waals surface area contributed by atoms with Crippen LogP contribution >= 0.6 is 15.9 Å². The van der Waals surface area contributed by atoms with Gasteiger partial charge in [-0.25, -0.2) is 19.3 Å². The Balaban J connectivity index is 2.50. The molecule has 0 radical (unpaired) electrons. The molecule has 17 heavy (non-hydrogen) atoms. The number of hydrogen-bond acceptors (Lipinski definition) is 5. The summed E-state index contributed by atoms with van der Waals surface area (Å²) in [5.74, 6) is -1.39. The van der Waals surface area contributed by atoms with E-state index in [0.717, 1.165) is 0 Å². The second kappa shape index (κ2) is 4.28. The average molecular weight is 302 g/mol. The van der Waals surface area contributed by atoms with E-state index in [2.05, 4.69) is 30.8 Å². The summed E-state index contributed by atoms with van der Waals surface area (Å²) < 4.78 is 6.50. The normalized spacial score (nSPS) is 18.2. The van der Waals surface area contributed by atoms with E-state index < -0.39 is 18.0 Å².